The van der Waals surface area contributed by atoms with Crippen LogP contribution in [0.25, 0.3) is 11.4 Å². The molecule has 1 aliphatic rings. The standard InChI is InChI=1S/C23H26N6O2/c1-14(2)20(25-22(30)17-6-4-5-15(3)13-17)23(31)24-18-9-7-16(8-10-18)21-26-27-28-29(21)19-11-12-19/h4-10,13-14,19-20H,11-12H2,1-3H3,(H,24,31)(H,25,30). The van der Waals surface area contributed by atoms with E-state index in [1.807, 2.05) is 61.9 Å². The van der Waals surface area contributed by atoms with E-state index in [9.17, 15) is 9.59 Å². The number of carbonyl (C=O) groups excluding carboxylic acids is 2. The number of anilines is 1. The van der Waals surface area contributed by atoms with Gasteiger partial charge in [-0.15, -0.1) is 5.10 Å². The van der Waals surface area contributed by atoms with E-state index in [4.69, 9.17) is 0 Å². The van der Waals surface area contributed by atoms with Gasteiger partial charge in [0.15, 0.2) is 5.82 Å². The molecular formula is C23H26N6O2. The van der Waals surface area contributed by atoms with Crippen molar-refractivity contribution in [3.05, 3.63) is 59.7 Å². The van der Waals surface area contributed by atoms with E-state index in [2.05, 4.69) is 26.2 Å². The maximum absolute atomic E-state index is 12.9. The first-order chi connectivity index (χ1) is 14.9. The van der Waals surface area contributed by atoms with Crippen LogP contribution in [0.15, 0.2) is 48.5 Å². The summed E-state index contributed by atoms with van der Waals surface area (Å²) in [5.41, 5.74) is 3.07. The molecule has 1 unspecified atom stereocenters. The van der Waals surface area contributed by atoms with Gasteiger partial charge in [0.1, 0.15) is 6.04 Å². The second kappa shape index (κ2) is 8.67. The van der Waals surface area contributed by atoms with Crippen LogP contribution >= 0.6 is 0 Å². The molecular weight excluding hydrogens is 392 g/mol. The summed E-state index contributed by atoms with van der Waals surface area (Å²) >= 11 is 0. The highest BCUT2D eigenvalue weighted by Gasteiger charge is 2.28. The van der Waals surface area contributed by atoms with Gasteiger partial charge in [-0.3, -0.25) is 9.59 Å². The van der Waals surface area contributed by atoms with E-state index in [1.54, 1.807) is 12.1 Å². The SMILES string of the molecule is Cc1cccc(C(=O)NC(C(=O)Nc2ccc(-c3nnnn3C3CC3)cc2)C(C)C)c1. The average molecular weight is 419 g/mol. The molecule has 0 spiro atoms. The molecule has 1 saturated carbocycles. The van der Waals surface area contributed by atoms with E-state index >= 15 is 0 Å². The summed E-state index contributed by atoms with van der Waals surface area (Å²) in [6, 6.07) is 14.4. The molecule has 1 aliphatic carbocycles. The molecule has 1 heterocycles. The highest BCUT2D eigenvalue weighted by atomic mass is 16.2. The molecule has 1 aromatic heterocycles. The fourth-order valence-corrected chi connectivity index (χ4v) is 3.42. The quantitative estimate of drug-likeness (QED) is 0.612. The topological polar surface area (TPSA) is 102 Å². The molecule has 0 saturated heterocycles. The summed E-state index contributed by atoms with van der Waals surface area (Å²) < 4.78 is 1.85. The van der Waals surface area contributed by atoms with Gasteiger partial charge in [-0.05, 0) is 72.5 Å². The number of nitrogens with zero attached hydrogens (tertiary/aromatic N) is 4. The van der Waals surface area contributed by atoms with Gasteiger partial charge in [-0.2, -0.15) is 0 Å². The molecule has 0 bridgehead atoms. The predicted molar refractivity (Wildman–Crippen MR) is 117 cm³/mol. The molecule has 2 aromatic carbocycles. The number of hydrogen-bond donors (Lipinski definition) is 2. The second-order valence-corrected chi connectivity index (χ2v) is 8.31. The Bertz CT molecular complexity index is 1090. The van der Waals surface area contributed by atoms with Gasteiger partial charge >= 0.3 is 0 Å². The van der Waals surface area contributed by atoms with Crippen molar-refractivity contribution < 1.29 is 9.59 Å². The maximum Gasteiger partial charge on any atom is 0.251 e. The van der Waals surface area contributed by atoms with Crippen LogP contribution in [0, 0.1) is 12.8 Å². The number of tetrazole rings is 1. The smallest absolute Gasteiger partial charge is 0.251 e. The number of aryl methyl sites for hydroxylation is 1. The number of hydrogen-bond acceptors (Lipinski definition) is 5. The normalized spacial score (nSPS) is 14.3. The van der Waals surface area contributed by atoms with E-state index in [1.165, 1.54) is 0 Å². The minimum atomic E-state index is -0.658. The first-order valence-electron chi connectivity index (χ1n) is 10.5. The molecule has 0 aliphatic heterocycles. The molecule has 160 valence electrons. The zero-order valence-electron chi connectivity index (χ0n) is 17.9. The Hall–Kier alpha value is -3.55. The molecule has 2 N–H and O–H groups in total. The Kier molecular flexibility index (Phi) is 5.79. The Balaban J connectivity index is 1.44. The van der Waals surface area contributed by atoms with E-state index in [0.717, 1.165) is 29.8 Å². The number of aromatic nitrogens is 4. The van der Waals surface area contributed by atoms with Crippen molar-refractivity contribution in [2.75, 3.05) is 5.32 Å². The summed E-state index contributed by atoms with van der Waals surface area (Å²) in [7, 11) is 0. The van der Waals surface area contributed by atoms with Crippen LogP contribution in [0.3, 0.4) is 0 Å². The summed E-state index contributed by atoms with van der Waals surface area (Å²) in [6.45, 7) is 5.74. The largest absolute Gasteiger partial charge is 0.340 e. The Morgan fingerprint density at radius 2 is 1.84 bits per heavy atom. The molecule has 2 amide bonds. The van der Waals surface area contributed by atoms with Crippen LogP contribution in [0.4, 0.5) is 5.69 Å². The Labute approximate surface area is 181 Å². The van der Waals surface area contributed by atoms with Crippen LogP contribution < -0.4 is 10.6 Å². The van der Waals surface area contributed by atoms with Crippen LogP contribution in [-0.2, 0) is 4.79 Å². The summed E-state index contributed by atoms with van der Waals surface area (Å²) in [4.78, 5) is 25.5. The molecule has 8 nitrogen and oxygen atoms in total. The van der Waals surface area contributed by atoms with Gasteiger partial charge in [-0.1, -0.05) is 31.5 Å². The predicted octanol–water partition coefficient (Wildman–Crippen LogP) is 3.38. The van der Waals surface area contributed by atoms with Crippen molar-refractivity contribution in [3.8, 4) is 11.4 Å². The van der Waals surface area contributed by atoms with Gasteiger partial charge in [0.25, 0.3) is 5.91 Å². The molecule has 4 rings (SSSR count). The molecule has 8 heteroatoms. The lowest BCUT2D eigenvalue weighted by Gasteiger charge is -2.22. The summed E-state index contributed by atoms with van der Waals surface area (Å²) in [6.07, 6.45) is 2.19. The Morgan fingerprint density at radius 3 is 2.48 bits per heavy atom. The average Bonchev–Trinajstić information content (AvgIpc) is 3.48. The lowest BCUT2D eigenvalue weighted by Crippen LogP contribution is -2.47. The molecule has 31 heavy (non-hydrogen) atoms. The summed E-state index contributed by atoms with van der Waals surface area (Å²) in [5, 5.41) is 17.7. The van der Waals surface area contributed by atoms with E-state index in [0.29, 0.717) is 17.3 Å². The van der Waals surface area contributed by atoms with Gasteiger partial charge in [-0.25, -0.2) is 4.68 Å². The van der Waals surface area contributed by atoms with Crippen molar-refractivity contribution in [3.63, 3.8) is 0 Å². The van der Waals surface area contributed by atoms with Crippen molar-refractivity contribution in [1.82, 2.24) is 25.5 Å². The third-order valence-electron chi connectivity index (χ3n) is 5.31. The van der Waals surface area contributed by atoms with Crippen LogP contribution in [0.2, 0.25) is 0 Å². The van der Waals surface area contributed by atoms with Gasteiger partial charge in [0.2, 0.25) is 5.91 Å². The number of benzene rings is 2. The summed E-state index contributed by atoms with van der Waals surface area (Å²) in [5.74, 6) is 0.133. The number of amides is 2. The first-order valence-corrected chi connectivity index (χ1v) is 10.5. The van der Waals surface area contributed by atoms with Crippen LogP contribution in [-0.4, -0.2) is 38.1 Å². The fourth-order valence-electron chi connectivity index (χ4n) is 3.42. The number of nitrogens with one attached hydrogen (secondary N) is 2. The van der Waals surface area contributed by atoms with E-state index in [-0.39, 0.29) is 17.7 Å². The maximum atomic E-state index is 12.9. The van der Waals surface area contributed by atoms with Crippen molar-refractivity contribution >= 4 is 17.5 Å². The third-order valence-corrected chi connectivity index (χ3v) is 5.31. The number of carbonyl (C=O) groups is 2. The molecule has 1 fully saturated rings. The van der Waals surface area contributed by atoms with Gasteiger partial charge in [0.05, 0.1) is 6.04 Å². The van der Waals surface area contributed by atoms with Gasteiger partial charge < -0.3 is 10.6 Å². The zero-order valence-corrected chi connectivity index (χ0v) is 17.9. The lowest BCUT2D eigenvalue weighted by molar-refractivity contribution is -0.118. The lowest BCUT2D eigenvalue weighted by atomic mass is 10.0. The highest BCUT2D eigenvalue weighted by Crippen LogP contribution is 2.36. The minimum Gasteiger partial charge on any atom is -0.340 e. The highest BCUT2D eigenvalue weighted by molar-refractivity contribution is 6.01. The van der Waals surface area contributed by atoms with Crippen LogP contribution in [0.5, 0.6) is 0 Å². The first kappa shape index (κ1) is 20.7. The van der Waals surface area contributed by atoms with Crippen LogP contribution in [0.1, 0.15) is 48.7 Å². The molecule has 1 atom stereocenters. The Morgan fingerprint density at radius 1 is 1.10 bits per heavy atom. The van der Waals surface area contributed by atoms with Crippen molar-refractivity contribution in [1.29, 1.82) is 0 Å². The minimum absolute atomic E-state index is 0.0730. The molecule has 3 aromatic rings. The second-order valence-electron chi connectivity index (χ2n) is 8.31. The van der Waals surface area contributed by atoms with Crippen molar-refractivity contribution in [2.24, 2.45) is 5.92 Å². The monoisotopic (exact) mass is 418 g/mol. The number of rotatable bonds is 7. The van der Waals surface area contributed by atoms with E-state index < -0.39 is 6.04 Å². The third kappa shape index (κ3) is 4.79. The zero-order chi connectivity index (χ0) is 22.0. The fraction of sp³-hybridized carbons (Fsp3) is 0.348. The molecule has 0 radical (unpaired) electrons. The van der Waals surface area contributed by atoms with Gasteiger partial charge in [0, 0.05) is 16.8 Å². The van der Waals surface area contributed by atoms with Crippen molar-refractivity contribution in [2.45, 2.75) is 45.7 Å².